The summed E-state index contributed by atoms with van der Waals surface area (Å²) in [6, 6.07) is 14.0. The number of carbonyl (C=O) groups is 2. The number of carbonyl (C=O) groups excluding carboxylic acids is 2. The third-order valence-corrected chi connectivity index (χ3v) is 7.07. The zero-order valence-corrected chi connectivity index (χ0v) is 18.2. The molecular formula is C22H16ClFN2O5S. The summed E-state index contributed by atoms with van der Waals surface area (Å²) in [5.74, 6) is -1.86. The highest BCUT2D eigenvalue weighted by Gasteiger charge is 2.36. The minimum atomic E-state index is -4.09. The van der Waals surface area contributed by atoms with Gasteiger partial charge in [-0.2, -0.15) is 0 Å². The molecule has 0 saturated carbocycles. The molecule has 0 bridgehead atoms. The number of sulfonamides is 1. The number of methoxy groups -OCH3 is 1. The number of nitrogens with one attached hydrogen (secondary N) is 1. The van der Waals surface area contributed by atoms with E-state index >= 15 is 0 Å². The molecule has 0 unspecified atom stereocenters. The van der Waals surface area contributed by atoms with Crippen LogP contribution in [0.25, 0.3) is 11.1 Å². The number of benzene rings is 3. The highest BCUT2D eigenvalue weighted by Crippen LogP contribution is 2.43. The molecular weight excluding hydrogens is 459 g/mol. The van der Waals surface area contributed by atoms with Crippen molar-refractivity contribution in [1.82, 2.24) is 0 Å². The zero-order valence-electron chi connectivity index (χ0n) is 16.6. The Kier molecular flexibility index (Phi) is 5.62. The number of nitrogens with zero attached hydrogens (tertiary/aromatic N) is 1. The van der Waals surface area contributed by atoms with E-state index < -0.39 is 34.3 Å². The second-order valence-electron chi connectivity index (χ2n) is 6.90. The average molecular weight is 475 g/mol. The normalized spacial score (nSPS) is 13.7. The molecule has 3 aromatic rings. The molecule has 0 atom stereocenters. The summed E-state index contributed by atoms with van der Waals surface area (Å²) in [6.45, 7) is -0.589. The van der Waals surface area contributed by atoms with E-state index in [0.717, 1.165) is 10.4 Å². The first kappa shape index (κ1) is 21.8. The third-order valence-electron chi connectivity index (χ3n) is 4.92. The number of rotatable bonds is 4. The van der Waals surface area contributed by atoms with Crippen molar-refractivity contribution in [3.63, 3.8) is 0 Å². The summed E-state index contributed by atoms with van der Waals surface area (Å²) in [5.41, 5.74) is 1.16. The average Bonchev–Trinajstić information content (AvgIpc) is 2.78. The van der Waals surface area contributed by atoms with E-state index in [4.69, 9.17) is 11.6 Å². The van der Waals surface area contributed by atoms with Gasteiger partial charge in [0, 0.05) is 11.1 Å². The van der Waals surface area contributed by atoms with Gasteiger partial charge in [0.25, 0.3) is 10.0 Å². The summed E-state index contributed by atoms with van der Waals surface area (Å²) in [6.07, 6.45) is 0. The molecule has 0 spiro atoms. The molecule has 0 saturated heterocycles. The Morgan fingerprint density at radius 2 is 1.81 bits per heavy atom. The predicted octanol–water partition coefficient (Wildman–Crippen LogP) is 4.08. The molecule has 1 amide bonds. The Morgan fingerprint density at radius 3 is 2.56 bits per heavy atom. The van der Waals surface area contributed by atoms with Crippen molar-refractivity contribution in [2.24, 2.45) is 0 Å². The first-order valence-corrected chi connectivity index (χ1v) is 11.1. The molecule has 0 fully saturated rings. The van der Waals surface area contributed by atoms with Gasteiger partial charge in [0.1, 0.15) is 12.4 Å². The van der Waals surface area contributed by atoms with Crippen LogP contribution in [0.1, 0.15) is 10.4 Å². The maximum Gasteiger partial charge on any atom is 0.337 e. The van der Waals surface area contributed by atoms with Crippen molar-refractivity contribution in [1.29, 1.82) is 0 Å². The lowest BCUT2D eigenvalue weighted by atomic mass is 10.0. The van der Waals surface area contributed by atoms with Crippen molar-refractivity contribution in [3.8, 4) is 11.1 Å². The number of hydrogen-bond donors (Lipinski definition) is 1. The molecule has 3 aromatic carbocycles. The topological polar surface area (TPSA) is 92.8 Å². The summed E-state index contributed by atoms with van der Waals surface area (Å²) in [4.78, 5) is 24.5. The molecule has 1 aliphatic rings. The van der Waals surface area contributed by atoms with Gasteiger partial charge in [-0.05, 0) is 42.5 Å². The molecule has 1 heterocycles. The minimum absolute atomic E-state index is 0.0309. The molecule has 0 aliphatic carbocycles. The van der Waals surface area contributed by atoms with Crippen LogP contribution in [-0.2, 0) is 19.6 Å². The summed E-state index contributed by atoms with van der Waals surface area (Å²) in [5, 5.41) is 2.68. The van der Waals surface area contributed by atoms with Gasteiger partial charge in [-0.15, -0.1) is 0 Å². The minimum Gasteiger partial charge on any atom is -0.465 e. The van der Waals surface area contributed by atoms with Gasteiger partial charge < -0.3 is 10.1 Å². The lowest BCUT2D eigenvalue weighted by molar-refractivity contribution is -0.114. The lowest BCUT2D eigenvalue weighted by Gasteiger charge is -2.31. The molecule has 1 aliphatic heterocycles. The van der Waals surface area contributed by atoms with E-state index in [-0.39, 0.29) is 26.9 Å². The lowest BCUT2D eigenvalue weighted by Crippen LogP contribution is -2.40. The van der Waals surface area contributed by atoms with Crippen molar-refractivity contribution >= 4 is 44.9 Å². The molecule has 10 heteroatoms. The second kappa shape index (κ2) is 8.25. The van der Waals surface area contributed by atoms with Crippen molar-refractivity contribution in [2.45, 2.75) is 4.90 Å². The number of fused-ring (bicyclic) bond motifs is 3. The van der Waals surface area contributed by atoms with Crippen LogP contribution in [0.15, 0.2) is 65.6 Å². The third kappa shape index (κ3) is 3.80. The van der Waals surface area contributed by atoms with E-state index in [2.05, 4.69) is 10.1 Å². The van der Waals surface area contributed by atoms with Gasteiger partial charge in [0.15, 0.2) is 0 Å². The smallest absolute Gasteiger partial charge is 0.337 e. The van der Waals surface area contributed by atoms with E-state index in [0.29, 0.717) is 11.1 Å². The fourth-order valence-corrected chi connectivity index (χ4v) is 5.27. The van der Waals surface area contributed by atoms with Gasteiger partial charge in [0.2, 0.25) is 5.91 Å². The number of esters is 1. The van der Waals surface area contributed by atoms with E-state index in [1.165, 1.54) is 43.5 Å². The van der Waals surface area contributed by atoms with Gasteiger partial charge in [-0.25, -0.2) is 17.6 Å². The second-order valence-corrected chi connectivity index (χ2v) is 9.14. The summed E-state index contributed by atoms with van der Waals surface area (Å²) >= 11 is 6.11. The first-order valence-electron chi connectivity index (χ1n) is 9.32. The highest BCUT2D eigenvalue weighted by molar-refractivity contribution is 7.93. The maximum absolute atomic E-state index is 13.9. The van der Waals surface area contributed by atoms with Crippen LogP contribution in [0.2, 0.25) is 5.02 Å². The van der Waals surface area contributed by atoms with Crippen LogP contribution >= 0.6 is 11.6 Å². The quantitative estimate of drug-likeness (QED) is 0.575. The Balaban J connectivity index is 1.69. The van der Waals surface area contributed by atoms with Crippen LogP contribution in [0.5, 0.6) is 0 Å². The Bertz CT molecular complexity index is 1360. The Morgan fingerprint density at radius 1 is 1.06 bits per heavy atom. The van der Waals surface area contributed by atoms with E-state index in [1.807, 2.05) is 0 Å². The molecule has 0 aromatic heterocycles. The van der Waals surface area contributed by atoms with Gasteiger partial charge in [-0.1, -0.05) is 29.8 Å². The zero-order chi connectivity index (χ0) is 23.0. The predicted molar refractivity (Wildman–Crippen MR) is 118 cm³/mol. The molecule has 1 N–H and O–H groups in total. The Labute approximate surface area is 188 Å². The van der Waals surface area contributed by atoms with E-state index in [1.54, 1.807) is 18.2 Å². The molecule has 4 rings (SSSR count). The Hall–Kier alpha value is -3.43. The molecule has 7 nitrogen and oxygen atoms in total. The monoisotopic (exact) mass is 474 g/mol. The van der Waals surface area contributed by atoms with Gasteiger partial charge in [-0.3, -0.25) is 9.10 Å². The van der Waals surface area contributed by atoms with Gasteiger partial charge >= 0.3 is 5.97 Å². The highest BCUT2D eigenvalue weighted by atomic mass is 35.5. The maximum atomic E-state index is 13.9. The van der Waals surface area contributed by atoms with Crippen LogP contribution in [0, 0.1) is 5.82 Å². The molecule has 0 radical (unpaired) electrons. The van der Waals surface area contributed by atoms with Crippen LogP contribution in [0.3, 0.4) is 0 Å². The van der Waals surface area contributed by atoms with Gasteiger partial charge in [0.05, 0.1) is 34.0 Å². The molecule has 164 valence electrons. The first-order chi connectivity index (χ1) is 15.2. The number of halogens is 2. The van der Waals surface area contributed by atoms with E-state index in [9.17, 15) is 22.4 Å². The number of anilines is 2. The number of hydrogen-bond acceptors (Lipinski definition) is 5. The van der Waals surface area contributed by atoms with Crippen LogP contribution < -0.4 is 9.62 Å². The van der Waals surface area contributed by atoms with Crippen molar-refractivity contribution in [2.75, 3.05) is 23.3 Å². The SMILES string of the molecule is COC(=O)c1ccc(Cl)c(NC(=O)CN2c3ccc(F)cc3-c3ccccc3S2(=O)=O)c1. The van der Waals surface area contributed by atoms with Crippen molar-refractivity contribution in [3.05, 3.63) is 77.1 Å². The standard InChI is InChI=1S/C22H16ClFN2O5S/c1-31-22(28)13-6-8-17(23)18(10-13)25-21(27)12-26-19-9-7-14(24)11-16(19)15-4-2-3-5-20(15)32(26,29)30/h2-11H,12H2,1H3,(H,25,27). The fraction of sp³-hybridized carbons (Fsp3) is 0.0909. The number of amides is 1. The van der Waals surface area contributed by atoms with Crippen molar-refractivity contribution < 1.29 is 27.1 Å². The van der Waals surface area contributed by atoms with Crippen LogP contribution in [0.4, 0.5) is 15.8 Å². The van der Waals surface area contributed by atoms with Crippen LogP contribution in [-0.4, -0.2) is 33.9 Å². The largest absolute Gasteiger partial charge is 0.465 e. The fourth-order valence-electron chi connectivity index (χ4n) is 3.46. The summed E-state index contributed by atoms with van der Waals surface area (Å²) < 4.78 is 46.0. The number of ether oxygens (including phenoxy) is 1. The summed E-state index contributed by atoms with van der Waals surface area (Å²) in [7, 11) is -2.87. The molecule has 32 heavy (non-hydrogen) atoms.